The molecule has 218 valence electrons. The Labute approximate surface area is 242 Å². The second kappa shape index (κ2) is 15.7. The SMILES string of the molecule is CC(C[C@@H](Cc1ccc(-c2ccccc2)cc1)NC(=O)CCC(=O)OCc1ccccc1)C(=O)OCC(C)(C)CO. The predicted molar refractivity (Wildman–Crippen MR) is 159 cm³/mol. The lowest BCUT2D eigenvalue weighted by molar-refractivity contribution is -0.152. The number of aliphatic hydroxyl groups is 1. The molecule has 0 aromatic heterocycles. The normalized spacial score (nSPS) is 12.7. The van der Waals surface area contributed by atoms with Gasteiger partial charge in [-0.3, -0.25) is 14.4 Å². The number of hydrogen-bond acceptors (Lipinski definition) is 6. The molecule has 0 fully saturated rings. The maximum atomic E-state index is 12.8. The molecule has 3 rings (SSSR count). The smallest absolute Gasteiger partial charge is 0.308 e. The van der Waals surface area contributed by atoms with Crippen LogP contribution in [-0.4, -0.2) is 42.2 Å². The van der Waals surface area contributed by atoms with Gasteiger partial charge in [-0.25, -0.2) is 0 Å². The van der Waals surface area contributed by atoms with Crippen LogP contribution in [0.25, 0.3) is 11.1 Å². The lowest BCUT2D eigenvalue weighted by atomic mass is 9.94. The number of carbonyl (C=O) groups excluding carboxylic acids is 3. The van der Waals surface area contributed by atoms with Crippen LogP contribution in [0.1, 0.15) is 51.2 Å². The van der Waals surface area contributed by atoms with E-state index in [1.54, 1.807) is 6.92 Å². The third-order valence-corrected chi connectivity index (χ3v) is 6.78. The molecule has 7 heteroatoms. The van der Waals surface area contributed by atoms with Gasteiger partial charge in [-0.2, -0.15) is 0 Å². The molecule has 3 aromatic carbocycles. The number of esters is 2. The van der Waals surface area contributed by atoms with Crippen LogP contribution in [0.2, 0.25) is 0 Å². The second-order valence-electron chi connectivity index (χ2n) is 11.2. The van der Waals surface area contributed by atoms with Crippen LogP contribution < -0.4 is 5.32 Å². The largest absolute Gasteiger partial charge is 0.465 e. The molecule has 0 aliphatic rings. The molecule has 0 saturated heterocycles. The standard InChI is InChI=1S/C34H41NO6/c1-25(33(39)41-24-34(2,3)23-36)20-30(21-26-14-16-29(17-15-26)28-12-8-5-9-13-28)35-31(37)18-19-32(38)40-22-27-10-6-4-7-11-27/h4-17,25,30,36H,18-24H2,1-3H3,(H,35,37)/t25?,30-/m0/s1. The maximum absolute atomic E-state index is 12.8. The minimum Gasteiger partial charge on any atom is -0.465 e. The quantitative estimate of drug-likeness (QED) is 0.239. The number of ether oxygens (including phenoxy) is 2. The maximum Gasteiger partial charge on any atom is 0.308 e. The highest BCUT2D eigenvalue weighted by molar-refractivity contribution is 5.81. The van der Waals surface area contributed by atoms with Crippen LogP contribution in [0.5, 0.6) is 0 Å². The van der Waals surface area contributed by atoms with E-state index in [-0.39, 0.29) is 50.6 Å². The Balaban J connectivity index is 1.60. The lowest BCUT2D eigenvalue weighted by Gasteiger charge is -2.25. The van der Waals surface area contributed by atoms with Crippen molar-refractivity contribution in [1.82, 2.24) is 5.32 Å². The first kappa shape index (κ1) is 31.6. The zero-order valence-electron chi connectivity index (χ0n) is 24.2. The van der Waals surface area contributed by atoms with Crippen LogP contribution in [0.15, 0.2) is 84.9 Å². The zero-order chi connectivity index (χ0) is 29.7. The highest BCUT2D eigenvalue weighted by Crippen LogP contribution is 2.22. The van der Waals surface area contributed by atoms with Crippen LogP contribution in [0.3, 0.4) is 0 Å². The molecule has 2 N–H and O–H groups in total. The molecule has 7 nitrogen and oxygen atoms in total. The van der Waals surface area contributed by atoms with E-state index in [1.165, 1.54) is 0 Å². The van der Waals surface area contributed by atoms with Gasteiger partial charge in [0.05, 0.1) is 25.6 Å². The van der Waals surface area contributed by atoms with Crippen molar-refractivity contribution >= 4 is 17.8 Å². The average Bonchev–Trinajstić information content (AvgIpc) is 2.99. The van der Waals surface area contributed by atoms with Crippen LogP contribution >= 0.6 is 0 Å². The molecule has 0 heterocycles. The van der Waals surface area contributed by atoms with Crippen molar-refractivity contribution < 1.29 is 29.0 Å². The predicted octanol–water partition coefficient (Wildman–Crippen LogP) is 5.49. The van der Waals surface area contributed by atoms with E-state index in [0.29, 0.717) is 12.8 Å². The fraction of sp³-hybridized carbons (Fsp3) is 0.382. The van der Waals surface area contributed by atoms with E-state index in [1.807, 2.05) is 98.8 Å². The number of rotatable bonds is 15. The molecule has 0 radical (unpaired) electrons. The molecule has 1 amide bonds. The Morgan fingerprint density at radius 3 is 2.05 bits per heavy atom. The number of amides is 1. The molecular formula is C34H41NO6. The van der Waals surface area contributed by atoms with E-state index >= 15 is 0 Å². The van der Waals surface area contributed by atoms with Gasteiger partial charge >= 0.3 is 11.9 Å². The number of carbonyl (C=O) groups is 3. The number of hydrogen-bond donors (Lipinski definition) is 2. The van der Waals surface area contributed by atoms with Gasteiger partial charge in [-0.05, 0) is 35.1 Å². The first-order valence-electron chi connectivity index (χ1n) is 14.1. The van der Waals surface area contributed by atoms with E-state index in [9.17, 15) is 19.5 Å². The van der Waals surface area contributed by atoms with Gasteiger partial charge in [-0.1, -0.05) is 106 Å². The van der Waals surface area contributed by atoms with Crippen molar-refractivity contribution in [2.45, 2.75) is 59.1 Å². The molecule has 1 unspecified atom stereocenters. The number of nitrogens with one attached hydrogen (secondary N) is 1. The summed E-state index contributed by atoms with van der Waals surface area (Å²) >= 11 is 0. The Hall–Kier alpha value is -3.97. The topological polar surface area (TPSA) is 102 Å². The monoisotopic (exact) mass is 559 g/mol. The first-order chi connectivity index (χ1) is 19.6. The van der Waals surface area contributed by atoms with E-state index in [2.05, 4.69) is 5.32 Å². The molecule has 41 heavy (non-hydrogen) atoms. The average molecular weight is 560 g/mol. The number of benzene rings is 3. The van der Waals surface area contributed by atoms with Crippen LogP contribution in [0.4, 0.5) is 0 Å². The van der Waals surface area contributed by atoms with Crippen molar-refractivity contribution in [3.05, 3.63) is 96.1 Å². The summed E-state index contributed by atoms with van der Waals surface area (Å²) in [6.07, 6.45) is 0.827. The van der Waals surface area contributed by atoms with Crippen molar-refractivity contribution in [2.24, 2.45) is 11.3 Å². The summed E-state index contributed by atoms with van der Waals surface area (Å²) in [5.41, 5.74) is 3.57. The molecular weight excluding hydrogens is 518 g/mol. The highest BCUT2D eigenvalue weighted by Gasteiger charge is 2.25. The minimum absolute atomic E-state index is 0.0133. The molecule has 0 aliphatic heterocycles. The molecule has 3 aromatic rings. The summed E-state index contributed by atoms with van der Waals surface area (Å²) in [5.74, 6) is -1.58. The lowest BCUT2D eigenvalue weighted by Crippen LogP contribution is -2.39. The fourth-order valence-electron chi connectivity index (χ4n) is 4.24. The summed E-state index contributed by atoms with van der Waals surface area (Å²) in [4.78, 5) is 37.8. The third-order valence-electron chi connectivity index (χ3n) is 6.78. The third kappa shape index (κ3) is 11.2. The second-order valence-corrected chi connectivity index (χ2v) is 11.2. The highest BCUT2D eigenvalue weighted by atomic mass is 16.5. The van der Waals surface area contributed by atoms with Gasteiger partial charge in [0.25, 0.3) is 0 Å². The van der Waals surface area contributed by atoms with Crippen molar-refractivity contribution in [2.75, 3.05) is 13.2 Å². The minimum atomic E-state index is -0.529. The first-order valence-corrected chi connectivity index (χ1v) is 14.1. The van der Waals surface area contributed by atoms with Crippen molar-refractivity contribution in [3.8, 4) is 11.1 Å². The van der Waals surface area contributed by atoms with Crippen LogP contribution in [0, 0.1) is 11.3 Å². The van der Waals surface area contributed by atoms with Gasteiger partial charge in [0, 0.05) is 17.9 Å². The molecule has 0 bridgehead atoms. The van der Waals surface area contributed by atoms with Crippen LogP contribution in [-0.2, 0) is 36.9 Å². The Bertz CT molecular complexity index is 1240. The molecule has 0 saturated carbocycles. The Morgan fingerprint density at radius 1 is 0.805 bits per heavy atom. The van der Waals surface area contributed by atoms with E-state index in [0.717, 1.165) is 22.3 Å². The van der Waals surface area contributed by atoms with Gasteiger partial charge in [0.15, 0.2) is 0 Å². The molecule has 0 spiro atoms. The van der Waals surface area contributed by atoms with Gasteiger partial charge in [-0.15, -0.1) is 0 Å². The van der Waals surface area contributed by atoms with Crippen molar-refractivity contribution in [3.63, 3.8) is 0 Å². The summed E-state index contributed by atoms with van der Waals surface area (Å²) in [6.45, 7) is 5.58. The number of aliphatic hydroxyl groups excluding tert-OH is 1. The fourth-order valence-corrected chi connectivity index (χ4v) is 4.24. The summed E-state index contributed by atoms with van der Waals surface area (Å²) in [6, 6.07) is 27.2. The van der Waals surface area contributed by atoms with Gasteiger partial charge in [0.1, 0.15) is 6.61 Å². The van der Waals surface area contributed by atoms with Crippen molar-refractivity contribution in [1.29, 1.82) is 0 Å². The molecule has 0 aliphatic carbocycles. The summed E-state index contributed by atoms with van der Waals surface area (Å²) < 4.78 is 10.7. The Morgan fingerprint density at radius 2 is 1.41 bits per heavy atom. The zero-order valence-corrected chi connectivity index (χ0v) is 24.2. The van der Waals surface area contributed by atoms with Gasteiger partial charge in [0.2, 0.25) is 5.91 Å². The van der Waals surface area contributed by atoms with E-state index in [4.69, 9.17) is 9.47 Å². The Kier molecular flexibility index (Phi) is 12.1. The summed E-state index contributed by atoms with van der Waals surface area (Å²) in [5, 5.41) is 12.5. The summed E-state index contributed by atoms with van der Waals surface area (Å²) in [7, 11) is 0. The van der Waals surface area contributed by atoms with E-state index < -0.39 is 17.3 Å². The molecule has 2 atom stereocenters. The van der Waals surface area contributed by atoms with Gasteiger partial charge < -0.3 is 19.9 Å².